The van der Waals surface area contributed by atoms with Crippen LogP contribution in [0.5, 0.6) is 0 Å². The van der Waals surface area contributed by atoms with Crippen LogP contribution in [0.2, 0.25) is 0 Å². The normalized spacial score (nSPS) is 19.6. The highest BCUT2D eigenvalue weighted by molar-refractivity contribution is 5.78. The van der Waals surface area contributed by atoms with Gasteiger partial charge in [0.25, 0.3) is 0 Å². The molecule has 1 aromatic heterocycles. The van der Waals surface area contributed by atoms with Crippen molar-refractivity contribution in [2.24, 2.45) is 0 Å². The Morgan fingerprint density at radius 3 is 3.12 bits per heavy atom. The molecule has 0 radical (unpaired) electrons. The molecule has 1 atom stereocenters. The van der Waals surface area contributed by atoms with E-state index in [1.165, 1.54) is 6.92 Å². The lowest BCUT2D eigenvalue weighted by molar-refractivity contribution is -0.120. The van der Waals surface area contributed by atoms with Gasteiger partial charge < -0.3 is 15.2 Å². The molecule has 0 unspecified atom stereocenters. The van der Waals surface area contributed by atoms with Crippen molar-refractivity contribution in [3.8, 4) is 0 Å². The van der Waals surface area contributed by atoms with E-state index in [0.29, 0.717) is 24.6 Å². The quantitative estimate of drug-likeness (QED) is 0.731. The molecule has 0 spiro atoms. The van der Waals surface area contributed by atoms with Crippen molar-refractivity contribution in [2.75, 3.05) is 0 Å². The fourth-order valence-electron chi connectivity index (χ4n) is 1.48. The van der Waals surface area contributed by atoms with E-state index in [4.69, 9.17) is 4.52 Å². The summed E-state index contributed by atoms with van der Waals surface area (Å²) < 4.78 is 5.00. The van der Waals surface area contributed by atoms with Crippen LogP contribution in [-0.4, -0.2) is 22.0 Å². The Labute approximate surface area is 91.6 Å². The summed E-state index contributed by atoms with van der Waals surface area (Å²) in [6, 6.07) is -0.189. The molecule has 7 nitrogen and oxygen atoms in total. The Balaban J connectivity index is 1.96. The minimum absolute atomic E-state index is 0.00777. The molecule has 0 saturated carbocycles. The fraction of sp³-hybridized carbons (Fsp3) is 0.556. The van der Waals surface area contributed by atoms with Gasteiger partial charge in [0.1, 0.15) is 6.04 Å². The standard InChI is InChI=1S/C9H12N4O3/c1-5(14)10-4-7-12-9(16-13-7)6-2-3-8(15)11-6/h6H,2-4H2,1H3,(H,10,14)(H,11,15)/t6-/m0/s1. The molecule has 0 aliphatic carbocycles. The number of carbonyl (C=O) groups is 2. The zero-order chi connectivity index (χ0) is 11.5. The second-order valence-corrected chi connectivity index (χ2v) is 3.62. The van der Waals surface area contributed by atoms with Crippen LogP contribution >= 0.6 is 0 Å². The maximum atomic E-state index is 11.0. The van der Waals surface area contributed by atoms with Gasteiger partial charge in [0, 0.05) is 13.3 Å². The van der Waals surface area contributed by atoms with Crippen LogP contribution < -0.4 is 10.6 Å². The molecule has 2 amide bonds. The van der Waals surface area contributed by atoms with Crippen LogP contribution in [0.1, 0.15) is 37.5 Å². The summed E-state index contributed by atoms with van der Waals surface area (Å²) in [6.07, 6.45) is 1.15. The van der Waals surface area contributed by atoms with Crippen LogP contribution in [0.4, 0.5) is 0 Å². The van der Waals surface area contributed by atoms with Gasteiger partial charge in [0.15, 0.2) is 5.82 Å². The van der Waals surface area contributed by atoms with Crippen molar-refractivity contribution in [1.29, 1.82) is 0 Å². The first-order valence-electron chi connectivity index (χ1n) is 5.01. The Morgan fingerprint density at radius 2 is 2.50 bits per heavy atom. The Morgan fingerprint density at radius 1 is 1.69 bits per heavy atom. The van der Waals surface area contributed by atoms with Crippen molar-refractivity contribution in [1.82, 2.24) is 20.8 Å². The molecule has 1 fully saturated rings. The predicted molar refractivity (Wildman–Crippen MR) is 51.9 cm³/mol. The molecule has 7 heteroatoms. The third kappa shape index (κ3) is 2.36. The summed E-state index contributed by atoms with van der Waals surface area (Å²) in [5.41, 5.74) is 0. The second kappa shape index (κ2) is 4.30. The van der Waals surface area contributed by atoms with E-state index >= 15 is 0 Å². The van der Waals surface area contributed by atoms with E-state index in [1.807, 2.05) is 0 Å². The second-order valence-electron chi connectivity index (χ2n) is 3.62. The molecule has 1 aromatic rings. The first-order chi connectivity index (χ1) is 7.65. The largest absolute Gasteiger partial charge is 0.349 e. The fourth-order valence-corrected chi connectivity index (χ4v) is 1.48. The third-order valence-electron chi connectivity index (χ3n) is 2.27. The van der Waals surface area contributed by atoms with Crippen molar-refractivity contribution < 1.29 is 14.1 Å². The summed E-state index contributed by atoms with van der Waals surface area (Å²) in [4.78, 5) is 25.8. The lowest BCUT2D eigenvalue weighted by Gasteiger charge is -2.01. The Kier molecular flexibility index (Phi) is 2.84. The average molecular weight is 224 g/mol. The zero-order valence-corrected chi connectivity index (χ0v) is 8.82. The van der Waals surface area contributed by atoms with Gasteiger partial charge in [0.05, 0.1) is 6.54 Å². The van der Waals surface area contributed by atoms with E-state index in [-0.39, 0.29) is 24.4 Å². The van der Waals surface area contributed by atoms with Crippen molar-refractivity contribution in [2.45, 2.75) is 32.4 Å². The van der Waals surface area contributed by atoms with Gasteiger partial charge >= 0.3 is 0 Å². The number of carbonyl (C=O) groups excluding carboxylic acids is 2. The minimum atomic E-state index is -0.189. The zero-order valence-electron chi connectivity index (χ0n) is 8.82. The summed E-state index contributed by atoms with van der Waals surface area (Å²) in [5.74, 6) is 0.643. The van der Waals surface area contributed by atoms with Gasteiger partial charge in [-0.1, -0.05) is 5.16 Å². The highest BCUT2D eigenvalue weighted by Crippen LogP contribution is 2.21. The number of hydrogen-bond acceptors (Lipinski definition) is 5. The van der Waals surface area contributed by atoms with E-state index in [0.717, 1.165) is 0 Å². The predicted octanol–water partition coefficient (Wildman–Crippen LogP) is -0.343. The van der Waals surface area contributed by atoms with Gasteiger partial charge in [-0.3, -0.25) is 9.59 Å². The number of rotatable bonds is 3. The molecular formula is C9H12N4O3. The Hall–Kier alpha value is -1.92. The number of nitrogens with zero attached hydrogens (tertiary/aromatic N) is 2. The summed E-state index contributed by atoms with van der Waals surface area (Å²) in [6.45, 7) is 1.65. The maximum absolute atomic E-state index is 11.0. The lowest BCUT2D eigenvalue weighted by Crippen LogP contribution is -2.20. The number of aromatic nitrogens is 2. The summed E-state index contributed by atoms with van der Waals surface area (Å²) in [5, 5.41) is 8.99. The molecule has 2 N–H and O–H groups in total. The van der Waals surface area contributed by atoms with E-state index in [9.17, 15) is 9.59 Å². The average Bonchev–Trinajstić information content (AvgIpc) is 2.83. The van der Waals surface area contributed by atoms with E-state index < -0.39 is 0 Å². The van der Waals surface area contributed by atoms with Crippen molar-refractivity contribution >= 4 is 11.8 Å². The van der Waals surface area contributed by atoms with E-state index in [1.54, 1.807) is 0 Å². The molecule has 16 heavy (non-hydrogen) atoms. The number of amides is 2. The SMILES string of the molecule is CC(=O)NCc1noc([C@@H]2CCC(=O)N2)n1. The van der Waals surface area contributed by atoms with Crippen LogP contribution in [0.25, 0.3) is 0 Å². The van der Waals surface area contributed by atoms with Crippen molar-refractivity contribution in [3.05, 3.63) is 11.7 Å². The van der Waals surface area contributed by atoms with Gasteiger partial charge in [-0.15, -0.1) is 0 Å². The number of hydrogen-bond donors (Lipinski definition) is 2. The monoisotopic (exact) mass is 224 g/mol. The summed E-state index contributed by atoms with van der Waals surface area (Å²) >= 11 is 0. The minimum Gasteiger partial charge on any atom is -0.349 e. The number of nitrogens with one attached hydrogen (secondary N) is 2. The molecule has 1 aliphatic heterocycles. The van der Waals surface area contributed by atoms with Crippen molar-refractivity contribution in [3.63, 3.8) is 0 Å². The smallest absolute Gasteiger partial charge is 0.249 e. The van der Waals surface area contributed by atoms with Crippen LogP contribution in [-0.2, 0) is 16.1 Å². The lowest BCUT2D eigenvalue weighted by atomic mass is 10.2. The molecule has 86 valence electrons. The molecule has 1 aliphatic rings. The van der Waals surface area contributed by atoms with Gasteiger partial charge in [-0.05, 0) is 6.42 Å². The molecule has 2 rings (SSSR count). The molecular weight excluding hydrogens is 212 g/mol. The first-order valence-corrected chi connectivity index (χ1v) is 5.01. The summed E-state index contributed by atoms with van der Waals surface area (Å²) in [7, 11) is 0. The molecule has 1 saturated heterocycles. The van der Waals surface area contributed by atoms with Gasteiger partial charge in [-0.25, -0.2) is 0 Å². The van der Waals surface area contributed by atoms with Crippen LogP contribution in [0, 0.1) is 0 Å². The highest BCUT2D eigenvalue weighted by atomic mass is 16.5. The molecule has 0 aromatic carbocycles. The van der Waals surface area contributed by atoms with Crippen LogP contribution in [0.15, 0.2) is 4.52 Å². The van der Waals surface area contributed by atoms with Gasteiger partial charge in [-0.2, -0.15) is 4.98 Å². The van der Waals surface area contributed by atoms with Gasteiger partial charge in [0.2, 0.25) is 17.7 Å². The molecule has 0 bridgehead atoms. The van der Waals surface area contributed by atoms with Crippen LogP contribution in [0.3, 0.4) is 0 Å². The first kappa shape index (κ1) is 10.6. The highest BCUT2D eigenvalue weighted by Gasteiger charge is 2.27. The third-order valence-corrected chi connectivity index (χ3v) is 2.27. The van der Waals surface area contributed by atoms with E-state index in [2.05, 4.69) is 20.8 Å². The maximum Gasteiger partial charge on any atom is 0.249 e. The topological polar surface area (TPSA) is 97.1 Å². The Bertz CT molecular complexity index is 415. The molecule has 2 heterocycles.